The standard InChI is InChI=1S/C12H16Cl2N2O/c13-10-5-9(6-11(14)12(10)15)16-4-2-1-3-8(16)7-17/h5-6,8,17H,1-4,7,15H2. The van der Waals surface area contributed by atoms with E-state index in [0.29, 0.717) is 15.7 Å². The Morgan fingerprint density at radius 1 is 1.29 bits per heavy atom. The Labute approximate surface area is 111 Å². The van der Waals surface area contributed by atoms with Crippen LogP contribution in [0.25, 0.3) is 0 Å². The first-order chi connectivity index (χ1) is 8.13. The summed E-state index contributed by atoms with van der Waals surface area (Å²) in [7, 11) is 0. The Morgan fingerprint density at radius 2 is 1.94 bits per heavy atom. The van der Waals surface area contributed by atoms with Gasteiger partial charge in [-0.1, -0.05) is 23.2 Å². The van der Waals surface area contributed by atoms with Gasteiger partial charge < -0.3 is 15.7 Å². The molecule has 1 heterocycles. The number of hydrogen-bond donors (Lipinski definition) is 2. The molecule has 5 heteroatoms. The van der Waals surface area contributed by atoms with Crippen LogP contribution in [0.2, 0.25) is 10.0 Å². The molecule has 1 fully saturated rings. The summed E-state index contributed by atoms with van der Waals surface area (Å²) in [5.41, 5.74) is 7.07. The summed E-state index contributed by atoms with van der Waals surface area (Å²) in [5.74, 6) is 0. The largest absolute Gasteiger partial charge is 0.396 e. The zero-order valence-corrected chi connectivity index (χ0v) is 11.0. The number of nitrogens with zero attached hydrogens (tertiary/aromatic N) is 1. The normalized spacial score (nSPS) is 20.6. The van der Waals surface area contributed by atoms with Crippen LogP contribution in [0.5, 0.6) is 0 Å². The highest BCUT2D eigenvalue weighted by molar-refractivity contribution is 6.39. The molecule has 2 rings (SSSR count). The van der Waals surface area contributed by atoms with Crippen molar-refractivity contribution in [2.75, 3.05) is 23.8 Å². The third-order valence-corrected chi connectivity index (χ3v) is 3.86. The minimum absolute atomic E-state index is 0.152. The number of halogens is 2. The predicted octanol–water partition coefficient (Wildman–Crippen LogP) is 2.93. The summed E-state index contributed by atoms with van der Waals surface area (Å²) in [4.78, 5) is 2.15. The van der Waals surface area contributed by atoms with Gasteiger partial charge in [0, 0.05) is 12.2 Å². The molecule has 1 aromatic rings. The number of hydrogen-bond acceptors (Lipinski definition) is 3. The molecule has 94 valence electrons. The molecular formula is C12H16Cl2N2O. The van der Waals surface area contributed by atoms with Gasteiger partial charge in [-0.05, 0) is 31.4 Å². The summed E-state index contributed by atoms with van der Waals surface area (Å²) < 4.78 is 0. The van der Waals surface area contributed by atoms with Gasteiger partial charge in [0.25, 0.3) is 0 Å². The zero-order chi connectivity index (χ0) is 12.4. The van der Waals surface area contributed by atoms with Crippen LogP contribution < -0.4 is 10.6 Å². The average molecular weight is 275 g/mol. The molecule has 17 heavy (non-hydrogen) atoms. The molecule has 0 aliphatic carbocycles. The second-order valence-electron chi connectivity index (χ2n) is 4.35. The van der Waals surface area contributed by atoms with E-state index in [-0.39, 0.29) is 12.6 Å². The molecule has 1 aromatic carbocycles. The SMILES string of the molecule is Nc1c(Cl)cc(N2CCCCC2CO)cc1Cl. The summed E-state index contributed by atoms with van der Waals surface area (Å²) in [6.45, 7) is 1.07. The van der Waals surface area contributed by atoms with Crippen LogP contribution in [0, 0.1) is 0 Å². The Bertz CT molecular complexity index is 388. The first kappa shape index (κ1) is 12.8. The van der Waals surface area contributed by atoms with Gasteiger partial charge in [-0.2, -0.15) is 0 Å². The van der Waals surface area contributed by atoms with Gasteiger partial charge in [0.05, 0.1) is 28.4 Å². The minimum Gasteiger partial charge on any atom is -0.396 e. The van der Waals surface area contributed by atoms with E-state index in [0.717, 1.165) is 31.5 Å². The number of rotatable bonds is 2. The molecule has 1 aliphatic heterocycles. The molecule has 0 radical (unpaired) electrons. The number of piperidine rings is 1. The van der Waals surface area contributed by atoms with Gasteiger partial charge in [0.15, 0.2) is 0 Å². The smallest absolute Gasteiger partial charge is 0.0694 e. The summed E-state index contributed by atoms with van der Waals surface area (Å²) >= 11 is 12.1. The zero-order valence-electron chi connectivity index (χ0n) is 9.50. The maximum absolute atomic E-state index is 9.38. The molecule has 0 spiro atoms. The number of anilines is 2. The van der Waals surface area contributed by atoms with Crippen molar-refractivity contribution in [3.63, 3.8) is 0 Å². The van der Waals surface area contributed by atoms with E-state index in [4.69, 9.17) is 28.9 Å². The number of nitrogen functional groups attached to an aromatic ring is 1. The third kappa shape index (κ3) is 2.62. The minimum atomic E-state index is 0.152. The lowest BCUT2D eigenvalue weighted by Crippen LogP contribution is -2.41. The van der Waals surface area contributed by atoms with E-state index in [9.17, 15) is 5.11 Å². The molecule has 0 bridgehead atoms. The van der Waals surface area contributed by atoms with Crippen LogP contribution in [0.4, 0.5) is 11.4 Å². The fraction of sp³-hybridized carbons (Fsp3) is 0.500. The van der Waals surface area contributed by atoms with Gasteiger partial charge in [0.2, 0.25) is 0 Å². The Kier molecular flexibility index (Phi) is 4.02. The van der Waals surface area contributed by atoms with Crippen LogP contribution in [0.15, 0.2) is 12.1 Å². The molecule has 3 nitrogen and oxygen atoms in total. The van der Waals surface area contributed by atoms with Crippen LogP contribution in [-0.4, -0.2) is 24.3 Å². The number of nitrogens with two attached hydrogens (primary N) is 1. The van der Waals surface area contributed by atoms with E-state index in [2.05, 4.69) is 4.90 Å². The monoisotopic (exact) mass is 274 g/mol. The van der Waals surface area contributed by atoms with Crippen molar-refractivity contribution in [3.8, 4) is 0 Å². The van der Waals surface area contributed by atoms with E-state index >= 15 is 0 Å². The van der Waals surface area contributed by atoms with Crippen molar-refractivity contribution >= 4 is 34.6 Å². The van der Waals surface area contributed by atoms with E-state index in [1.54, 1.807) is 0 Å². The summed E-state index contributed by atoms with van der Waals surface area (Å²) in [6, 6.07) is 3.78. The molecule has 1 saturated heterocycles. The maximum atomic E-state index is 9.38. The fourth-order valence-electron chi connectivity index (χ4n) is 2.27. The number of benzene rings is 1. The number of aliphatic hydroxyl groups excluding tert-OH is 1. The fourth-order valence-corrected chi connectivity index (χ4v) is 2.74. The Hall–Kier alpha value is -0.640. The van der Waals surface area contributed by atoms with Crippen LogP contribution >= 0.6 is 23.2 Å². The molecule has 3 N–H and O–H groups in total. The highest BCUT2D eigenvalue weighted by Crippen LogP contribution is 2.35. The van der Waals surface area contributed by atoms with Gasteiger partial charge >= 0.3 is 0 Å². The molecule has 0 aromatic heterocycles. The Balaban J connectivity index is 2.32. The molecule has 1 atom stereocenters. The first-order valence-electron chi connectivity index (χ1n) is 5.75. The lowest BCUT2D eigenvalue weighted by atomic mass is 10.0. The first-order valence-corrected chi connectivity index (χ1v) is 6.51. The third-order valence-electron chi connectivity index (χ3n) is 3.23. The second-order valence-corrected chi connectivity index (χ2v) is 5.16. The summed E-state index contributed by atoms with van der Waals surface area (Å²) in [5, 5.41) is 10.3. The van der Waals surface area contributed by atoms with Crippen molar-refractivity contribution < 1.29 is 5.11 Å². The second kappa shape index (κ2) is 5.34. The predicted molar refractivity (Wildman–Crippen MR) is 72.9 cm³/mol. The van der Waals surface area contributed by atoms with E-state index in [1.165, 1.54) is 0 Å². The van der Waals surface area contributed by atoms with Crippen LogP contribution in [0.3, 0.4) is 0 Å². The quantitative estimate of drug-likeness (QED) is 0.816. The van der Waals surface area contributed by atoms with Crippen molar-refractivity contribution in [3.05, 3.63) is 22.2 Å². The lowest BCUT2D eigenvalue weighted by Gasteiger charge is -2.36. The van der Waals surface area contributed by atoms with Crippen LogP contribution in [-0.2, 0) is 0 Å². The highest BCUT2D eigenvalue weighted by atomic mass is 35.5. The lowest BCUT2D eigenvalue weighted by molar-refractivity contribution is 0.240. The van der Waals surface area contributed by atoms with Gasteiger partial charge in [-0.25, -0.2) is 0 Å². The van der Waals surface area contributed by atoms with Gasteiger partial charge in [0.1, 0.15) is 0 Å². The highest BCUT2D eigenvalue weighted by Gasteiger charge is 2.22. The number of aliphatic hydroxyl groups is 1. The van der Waals surface area contributed by atoms with Gasteiger partial charge in [-0.3, -0.25) is 0 Å². The molecular weight excluding hydrogens is 259 g/mol. The topological polar surface area (TPSA) is 49.5 Å². The van der Waals surface area contributed by atoms with Crippen molar-refractivity contribution in [2.45, 2.75) is 25.3 Å². The van der Waals surface area contributed by atoms with E-state index in [1.807, 2.05) is 12.1 Å². The van der Waals surface area contributed by atoms with Crippen LogP contribution in [0.1, 0.15) is 19.3 Å². The maximum Gasteiger partial charge on any atom is 0.0694 e. The van der Waals surface area contributed by atoms with E-state index < -0.39 is 0 Å². The molecule has 1 unspecified atom stereocenters. The summed E-state index contributed by atoms with van der Waals surface area (Å²) in [6.07, 6.45) is 3.27. The van der Waals surface area contributed by atoms with Crippen molar-refractivity contribution in [1.82, 2.24) is 0 Å². The van der Waals surface area contributed by atoms with Gasteiger partial charge in [-0.15, -0.1) is 0 Å². The molecule has 0 amide bonds. The van der Waals surface area contributed by atoms with Crippen molar-refractivity contribution in [2.24, 2.45) is 0 Å². The average Bonchev–Trinajstić information content (AvgIpc) is 2.35. The molecule has 1 aliphatic rings. The van der Waals surface area contributed by atoms with Crippen molar-refractivity contribution in [1.29, 1.82) is 0 Å². The Morgan fingerprint density at radius 3 is 2.53 bits per heavy atom. The molecule has 0 saturated carbocycles.